The minimum Gasteiger partial charge on any atom is -0.496 e. The van der Waals surface area contributed by atoms with Gasteiger partial charge >= 0.3 is 0 Å². The second-order valence-corrected chi connectivity index (χ2v) is 8.64. The monoisotopic (exact) mass is 448 g/mol. The first-order valence-electron chi connectivity index (χ1n) is 10.8. The number of nitrogens with two attached hydrogens (primary N) is 1. The number of rotatable bonds is 6. The van der Waals surface area contributed by atoms with Crippen LogP contribution in [0.5, 0.6) is 5.75 Å². The molecule has 3 aliphatic heterocycles. The van der Waals surface area contributed by atoms with Crippen molar-refractivity contribution in [2.75, 3.05) is 12.4 Å². The quantitative estimate of drug-likeness (QED) is 0.563. The molecule has 3 aliphatic rings. The van der Waals surface area contributed by atoms with E-state index in [-0.39, 0.29) is 31.2 Å². The maximum atomic E-state index is 13.8. The van der Waals surface area contributed by atoms with E-state index in [4.69, 9.17) is 10.5 Å². The molecule has 33 heavy (non-hydrogen) atoms. The Morgan fingerprint density at radius 2 is 1.82 bits per heavy atom. The number of benzene rings is 2. The molecule has 0 bridgehead atoms. The Kier molecular flexibility index (Phi) is 4.93. The van der Waals surface area contributed by atoms with Crippen LogP contribution < -0.4 is 21.1 Å². The summed E-state index contributed by atoms with van der Waals surface area (Å²) in [6, 6.07) is 13.8. The number of methoxy groups -OCH3 is 1. The number of hydrogen-bond donors (Lipinski definition) is 3. The molecule has 170 valence electrons. The van der Waals surface area contributed by atoms with Crippen LogP contribution in [-0.4, -0.2) is 41.7 Å². The molecule has 4 atom stereocenters. The number of amides is 4. The first kappa shape index (κ1) is 21.1. The molecule has 0 aromatic heterocycles. The Morgan fingerprint density at radius 1 is 1.09 bits per heavy atom. The van der Waals surface area contributed by atoms with Gasteiger partial charge in [-0.3, -0.25) is 29.4 Å². The normalized spacial score (nSPS) is 27.6. The number of carbonyl (C=O) groups is 4. The minimum atomic E-state index is -1.38. The van der Waals surface area contributed by atoms with Crippen molar-refractivity contribution in [1.29, 1.82) is 0 Å². The van der Waals surface area contributed by atoms with E-state index in [9.17, 15) is 19.2 Å². The van der Waals surface area contributed by atoms with Crippen LogP contribution in [0.2, 0.25) is 0 Å². The number of carbonyl (C=O) groups excluding carboxylic acids is 4. The lowest BCUT2D eigenvalue weighted by Gasteiger charge is -2.29. The zero-order valence-corrected chi connectivity index (χ0v) is 18.0. The first-order chi connectivity index (χ1) is 15.9. The van der Waals surface area contributed by atoms with Gasteiger partial charge in [0.2, 0.25) is 23.6 Å². The van der Waals surface area contributed by atoms with Crippen molar-refractivity contribution in [2.24, 2.45) is 17.6 Å². The predicted molar refractivity (Wildman–Crippen MR) is 118 cm³/mol. The van der Waals surface area contributed by atoms with E-state index >= 15 is 0 Å². The molecule has 9 heteroatoms. The van der Waals surface area contributed by atoms with Crippen molar-refractivity contribution in [3.8, 4) is 5.75 Å². The number of hydrogen-bond acceptors (Lipinski definition) is 6. The number of nitrogens with zero attached hydrogens (tertiary/aromatic N) is 1. The lowest BCUT2D eigenvalue weighted by Crippen LogP contribution is -2.53. The molecule has 9 nitrogen and oxygen atoms in total. The summed E-state index contributed by atoms with van der Waals surface area (Å²) in [5, 5.41) is 6.14. The van der Waals surface area contributed by atoms with Gasteiger partial charge in [0.15, 0.2) is 0 Å². The second kappa shape index (κ2) is 7.70. The van der Waals surface area contributed by atoms with E-state index in [2.05, 4.69) is 10.6 Å². The highest BCUT2D eigenvalue weighted by Gasteiger charge is 2.70. The van der Waals surface area contributed by atoms with Gasteiger partial charge in [0.05, 0.1) is 25.5 Å². The predicted octanol–water partition coefficient (Wildman–Crippen LogP) is 0.881. The molecule has 5 rings (SSSR count). The molecule has 2 saturated heterocycles. The molecule has 0 radical (unpaired) electrons. The highest BCUT2D eigenvalue weighted by atomic mass is 16.5. The van der Waals surface area contributed by atoms with Gasteiger partial charge in [0.25, 0.3) is 0 Å². The maximum absolute atomic E-state index is 13.8. The SMILES string of the molecule is COc1ccccc1CN1C(=O)[C@@H]2[C@H](CCC(N)=O)N[C@@]3(C(=O)Nc4ccccc43)[C@@H]2C1=O. The molecular weight excluding hydrogens is 424 g/mol. The van der Waals surface area contributed by atoms with Crippen LogP contribution in [0.1, 0.15) is 24.0 Å². The zero-order valence-electron chi connectivity index (χ0n) is 18.0. The largest absolute Gasteiger partial charge is 0.496 e. The molecule has 1 spiro atoms. The minimum absolute atomic E-state index is 0.0359. The first-order valence-corrected chi connectivity index (χ1v) is 10.8. The van der Waals surface area contributed by atoms with Crippen LogP contribution in [-0.2, 0) is 31.3 Å². The van der Waals surface area contributed by atoms with Gasteiger partial charge in [-0.2, -0.15) is 0 Å². The Balaban J connectivity index is 1.57. The summed E-state index contributed by atoms with van der Waals surface area (Å²) in [5.74, 6) is -2.82. The third-order valence-electron chi connectivity index (χ3n) is 6.94. The van der Waals surface area contributed by atoms with E-state index in [0.717, 1.165) is 0 Å². The van der Waals surface area contributed by atoms with E-state index in [0.29, 0.717) is 22.6 Å². The smallest absolute Gasteiger partial charge is 0.250 e. The van der Waals surface area contributed by atoms with E-state index in [1.54, 1.807) is 36.4 Å². The fourth-order valence-electron chi connectivity index (χ4n) is 5.52. The summed E-state index contributed by atoms with van der Waals surface area (Å²) >= 11 is 0. The number of imide groups is 1. The number of ether oxygens (including phenoxy) is 1. The Bertz CT molecular complexity index is 1180. The molecule has 3 heterocycles. The van der Waals surface area contributed by atoms with Crippen molar-refractivity contribution < 1.29 is 23.9 Å². The van der Waals surface area contributed by atoms with Crippen LogP contribution in [0.25, 0.3) is 0 Å². The highest BCUT2D eigenvalue weighted by Crippen LogP contribution is 2.53. The fourth-order valence-corrected chi connectivity index (χ4v) is 5.52. The summed E-state index contributed by atoms with van der Waals surface area (Å²) < 4.78 is 5.39. The van der Waals surface area contributed by atoms with Crippen LogP contribution in [0.15, 0.2) is 48.5 Å². The van der Waals surface area contributed by atoms with Gasteiger partial charge < -0.3 is 15.8 Å². The molecule has 0 saturated carbocycles. The highest BCUT2D eigenvalue weighted by molar-refractivity contribution is 6.15. The molecule has 4 amide bonds. The third kappa shape index (κ3) is 3.03. The Hall–Kier alpha value is -3.72. The summed E-state index contributed by atoms with van der Waals surface area (Å²) in [4.78, 5) is 53.4. The Morgan fingerprint density at radius 3 is 2.58 bits per heavy atom. The van der Waals surface area contributed by atoms with Gasteiger partial charge in [0.1, 0.15) is 11.3 Å². The van der Waals surface area contributed by atoms with Crippen LogP contribution >= 0.6 is 0 Å². The van der Waals surface area contributed by atoms with Crippen LogP contribution in [0, 0.1) is 11.8 Å². The van der Waals surface area contributed by atoms with E-state index in [1.165, 1.54) is 12.0 Å². The van der Waals surface area contributed by atoms with Gasteiger partial charge in [-0.25, -0.2) is 0 Å². The van der Waals surface area contributed by atoms with Crippen molar-refractivity contribution >= 4 is 29.3 Å². The average molecular weight is 448 g/mol. The molecule has 0 unspecified atom stereocenters. The fraction of sp³-hybridized carbons (Fsp3) is 0.333. The van der Waals surface area contributed by atoms with Gasteiger partial charge in [-0.05, 0) is 18.6 Å². The summed E-state index contributed by atoms with van der Waals surface area (Å²) in [7, 11) is 1.53. The second-order valence-electron chi connectivity index (χ2n) is 8.64. The summed E-state index contributed by atoms with van der Waals surface area (Å²) in [5.41, 5.74) is 5.90. The lowest BCUT2D eigenvalue weighted by molar-refractivity contribution is -0.143. The molecule has 2 aromatic carbocycles. The summed E-state index contributed by atoms with van der Waals surface area (Å²) in [6.07, 6.45) is 0.281. The van der Waals surface area contributed by atoms with Gasteiger partial charge in [-0.15, -0.1) is 0 Å². The number of anilines is 1. The van der Waals surface area contributed by atoms with Crippen molar-refractivity contribution in [3.63, 3.8) is 0 Å². The molecular formula is C24H24N4O5. The van der Waals surface area contributed by atoms with E-state index < -0.39 is 35.2 Å². The van der Waals surface area contributed by atoms with E-state index in [1.807, 2.05) is 12.1 Å². The van der Waals surface area contributed by atoms with Gasteiger partial charge in [0, 0.05) is 29.3 Å². The third-order valence-corrected chi connectivity index (χ3v) is 6.94. The lowest BCUT2D eigenvalue weighted by atomic mass is 9.76. The summed E-state index contributed by atoms with van der Waals surface area (Å²) in [6.45, 7) is 0.0383. The number of likely N-dealkylation sites (tertiary alicyclic amines) is 1. The standard InChI is InChI=1S/C24H24N4O5/c1-33-17-9-5-2-6-13(17)12-28-21(30)19-16(10-11-18(25)29)27-24(20(19)22(28)31)14-7-3-4-8-15(14)26-23(24)32/h2-9,16,19-20,27H,10-12H2,1H3,(H2,25,29)(H,26,32)/t16-,19+,20-,24+/m0/s1. The van der Waals surface area contributed by atoms with Gasteiger partial charge in [-0.1, -0.05) is 36.4 Å². The topological polar surface area (TPSA) is 131 Å². The Labute approximate surface area is 190 Å². The number of para-hydroxylation sites is 2. The van der Waals surface area contributed by atoms with Crippen molar-refractivity contribution in [1.82, 2.24) is 10.2 Å². The van der Waals surface area contributed by atoms with Crippen molar-refractivity contribution in [2.45, 2.75) is 31.0 Å². The average Bonchev–Trinajstić information content (AvgIpc) is 3.39. The molecule has 0 aliphatic carbocycles. The number of primary amides is 1. The van der Waals surface area contributed by atoms with Crippen LogP contribution in [0.3, 0.4) is 0 Å². The number of nitrogens with one attached hydrogen (secondary N) is 2. The van der Waals surface area contributed by atoms with Crippen LogP contribution in [0.4, 0.5) is 5.69 Å². The molecule has 4 N–H and O–H groups in total. The zero-order chi connectivity index (χ0) is 23.3. The van der Waals surface area contributed by atoms with Crippen molar-refractivity contribution in [3.05, 3.63) is 59.7 Å². The molecule has 2 fully saturated rings. The molecule has 2 aromatic rings. The number of fused-ring (bicyclic) bond motifs is 4. The maximum Gasteiger partial charge on any atom is 0.250 e.